The predicted octanol–water partition coefficient (Wildman–Crippen LogP) is 1.84. The summed E-state index contributed by atoms with van der Waals surface area (Å²) in [4.78, 5) is 4.98. The number of likely N-dealkylation sites (N-methyl/N-ethyl adjacent to an activating group) is 1. The first-order valence-electron chi connectivity index (χ1n) is 6.91. The van der Waals surface area contributed by atoms with Crippen LogP contribution in [0.15, 0.2) is 18.2 Å². The lowest BCUT2D eigenvalue weighted by Gasteiger charge is -2.34. The van der Waals surface area contributed by atoms with Crippen LogP contribution in [0.1, 0.15) is 12.5 Å². The van der Waals surface area contributed by atoms with Gasteiger partial charge in [-0.25, -0.2) is 0 Å². The van der Waals surface area contributed by atoms with E-state index in [0.29, 0.717) is 0 Å². The summed E-state index contributed by atoms with van der Waals surface area (Å²) in [6.45, 7) is 8.93. The lowest BCUT2D eigenvalue weighted by atomic mass is 10.1. The molecule has 106 valence electrons. The van der Waals surface area contributed by atoms with E-state index in [1.807, 2.05) is 6.07 Å². The molecular weight excluding hydrogens is 240 g/mol. The standard InChI is InChI=1S/C15H24N2O2/c1-4-16-5-7-17(8-6-16)12-13-9-14(18-2)11-15(10-13)19-3/h9-11H,4-8,12H2,1-3H3. The number of hydrogen-bond acceptors (Lipinski definition) is 4. The van der Waals surface area contributed by atoms with Crippen LogP contribution in [0.2, 0.25) is 0 Å². The predicted molar refractivity (Wildman–Crippen MR) is 76.9 cm³/mol. The van der Waals surface area contributed by atoms with Crippen LogP contribution < -0.4 is 9.47 Å². The van der Waals surface area contributed by atoms with E-state index in [2.05, 4.69) is 28.9 Å². The molecule has 1 saturated heterocycles. The molecule has 1 heterocycles. The molecule has 2 rings (SSSR count). The number of hydrogen-bond donors (Lipinski definition) is 0. The Labute approximate surface area is 115 Å². The van der Waals surface area contributed by atoms with Crippen molar-refractivity contribution in [2.24, 2.45) is 0 Å². The van der Waals surface area contributed by atoms with E-state index in [-0.39, 0.29) is 0 Å². The van der Waals surface area contributed by atoms with Gasteiger partial charge in [-0.15, -0.1) is 0 Å². The molecule has 19 heavy (non-hydrogen) atoms. The molecule has 0 amide bonds. The molecule has 1 fully saturated rings. The monoisotopic (exact) mass is 264 g/mol. The smallest absolute Gasteiger partial charge is 0.122 e. The Kier molecular flexibility index (Phi) is 5.05. The topological polar surface area (TPSA) is 24.9 Å². The van der Waals surface area contributed by atoms with Crippen LogP contribution in [-0.2, 0) is 6.54 Å². The van der Waals surface area contributed by atoms with Crippen molar-refractivity contribution in [3.8, 4) is 11.5 Å². The summed E-state index contributed by atoms with van der Waals surface area (Å²) in [7, 11) is 3.39. The molecule has 0 radical (unpaired) electrons. The Morgan fingerprint density at radius 2 is 1.42 bits per heavy atom. The van der Waals surface area contributed by atoms with Gasteiger partial charge in [0.05, 0.1) is 14.2 Å². The Morgan fingerprint density at radius 3 is 1.89 bits per heavy atom. The number of ether oxygens (including phenoxy) is 2. The molecule has 1 aromatic rings. The van der Waals surface area contributed by atoms with E-state index in [1.165, 1.54) is 5.56 Å². The summed E-state index contributed by atoms with van der Waals surface area (Å²) >= 11 is 0. The Hall–Kier alpha value is -1.26. The highest BCUT2D eigenvalue weighted by Crippen LogP contribution is 2.23. The second-order valence-electron chi connectivity index (χ2n) is 4.93. The zero-order valence-corrected chi connectivity index (χ0v) is 12.2. The minimum Gasteiger partial charge on any atom is -0.497 e. The van der Waals surface area contributed by atoms with Crippen LogP contribution in [0.4, 0.5) is 0 Å². The molecule has 4 heteroatoms. The molecule has 4 nitrogen and oxygen atoms in total. The van der Waals surface area contributed by atoms with E-state index in [4.69, 9.17) is 9.47 Å². The summed E-state index contributed by atoms with van der Waals surface area (Å²) in [6.07, 6.45) is 0. The van der Waals surface area contributed by atoms with Crippen LogP contribution in [0.5, 0.6) is 11.5 Å². The summed E-state index contributed by atoms with van der Waals surface area (Å²) in [5, 5.41) is 0. The molecule has 0 spiro atoms. The normalized spacial score (nSPS) is 17.4. The van der Waals surface area contributed by atoms with Gasteiger partial charge < -0.3 is 14.4 Å². The molecule has 0 bridgehead atoms. The van der Waals surface area contributed by atoms with Crippen molar-refractivity contribution in [3.63, 3.8) is 0 Å². The molecule has 0 atom stereocenters. The van der Waals surface area contributed by atoms with Crippen molar-refractivity contribution in [2.45, 2.75) is 13.5 Å². The molecule has 1 aliphatic heterocycles. The largest absolute Gasteiger partial charge is 0.497 e. The Balaban J connectivity index is 1.99. The summed E-state index contributed by atoms with van der Waals surface area (Å²) < 4.78 is 10.6. The van der Waals surface area contributed by atoms with Gasteiger partial charge in [0.15, 0.2) is 0 Å². The third kappa shape index (κ3) is 3.85. The zero-order chi connectivity index (χ0) is 13.7. The SMILES string of the molecule is CCN1CCN(Cc2cc(OC)cc(OC)c2)CC1. The minimum absolute atomic E-state index is 0.863. The van der Waals surface area contributed by atoms with E-state index >= 15 is 0 Å². The first kappa shape index (κ1) is 14.2. The number of piperazine rings is 1. The van der Waals surface area contributed by atoms with Crippen LogP contribution in [-0.4, -0.2) is 56.7 Å². The Bertz CT molecular complexity index is 379. The second-order valence-corrected chi connectivity index (χ2v) is 4.93. The number of benzene rings is 1. The fourth-order valence-corrected chi connectivity index (χ4v) is 2.48. The quantitative estimate of drug-likeness (QED) is 0.810. The van der Waals surface area contributed by atoms with Gasteiger partial charge in [0.25, 0.3) is 0 Å². The molecule has 0 aliphatic carbocycles. The van der Waals surface area contributed by atoms with E-state index < -0.39 is 0 Å². The molecular formula is C15H24N2O2. The average Bonchev–Trinajstić information content (AvgIpc) is 2.47. The summed E-state index contributed by atoms with van der Waals surface area (Å²) in [6, 6.07) is 6.10. The first-order valence-corrected chi connectivity index (χ1v) is 6.91. The van der Waals surface area contributed by atoms with Gasteiger partial charge in [-0.3, -0.25) is 4.90 Å². The molecule has 0 unspecified atom stereocenters. The molecule has 0 N–H and O–H groups in total. The van der Waals surface area contributed by atoms with E-state index in [1.54, 1.807) is 14.2 Å². The van der Waals surface area contributed by atoms with Gasteiger partial charge >= 0.3 is 0 Å². The van der Waals surface area contributed by atoms with Crippen LogP contribution in [0.3, 0.4) is 0 Å². The van der Waals surface area contributed by atoms with Crippen molar-refractivity contribution < 1.29 is 9.47 Å². The van der Waals surface area contributed by atoms with Gasteiger partial charge in [-0.05, 0) is 24.2 Å². The maximum absolute atomic E-state index is 5.31. The van der Waals surface area contributed by atoms with E-state index in [9.17, 15) is 0 Å². The van der Waals surface area contributed by atoms with Gasteiger partial charge in [-0.2, -0.15) is 0 Å². The lowest BCUT2D eigenvalue weighted by molar-refractivity contribution is 0.132. The average molecular weight is 264 g/mol. The van der Waals surface area contributed by atoms with Crippen molar-refractivity contribution in [1.29, 1.82) is 0 Å². The van der Waals surface area contributed by atoms with Crippen molar-refractivity contribution in [1.82, 2.24) is 9.80 Å². The van der Waals surface area contributed by atoms with E-state index in [0.717, 1.165) is 50.8 Å². The summed E-state index contributed by atoms with van der Waals surface area (Å²) in [5.74, 6) is 1.73. The maximum atomic E-state index is 5.31. The first-order chi connectivity index (χ1) is 9.25. The lowest BCUT2D eigenvalue weighted by Crippen LogP contribution is -2.45. The fraction of sp³-hybridized carbons (Fsp3) is 0.600. The Morgan fingerprint density at radius 1 is 0.895 bits per heavy atom. The highest BCUT2D eigenvalue weighted by atomic mass is 16.5. The molecule has 1 aliphatic rings. The van der Waals surface area contributed by atoms with Gasteiger partial charge in [-0.1, -0.05) is 6.92 Å². The van der Waals surface area contributed by atoms with Crippen LogP contribution >= 0.6 is 0 Å². The fourth-order valence-electron chi connectivity index (χ4n) is 2.48. The van der Waals surface area contributed by atoms with Crippen molar-refractivity contribution in [3.05, 3.63) is 23.8 Å². The highest BCUT2D eigenvalue weighted by Gasteiger charge is 2.16. The molecule has 0 saturated carbocycles. The van der Waals surface area contributed by atoms with Gasteiger partial charge in [0.2, 0.25) is 0 Å². The van der Waals surface area contributed by atoms with Gasteiger partial charge in [0, 0.05) is 38.8 Å². The number of methoxy groups -OCH3 is 2. The second kappa shape index (κ2) is 6.78. The minimum atomic E-state index is 0.863. The third-order valence-corrected chi connectivity index (χ3v) is 3.73. The molecule has 0 aromatic heterocycles. The molecule has 1 aromatic carbocycles. The highest BCUT2D eigenvalue weighted by molar-refractivity contribution is 5.38. The number of nitrogens with zero attached hydrogens (tertiary/aromatic N) is 2. The van der Waals surface area contributed by atoms with Crippen molar-refractivity contribution >= 4 is 0 Å². The van der Waals surface area contributed by atoms with Gasteiger partial charge in [0.1, 0.15) is 11.5 Å². The van der Waals surface area contributed by atoms with Crippen LogP contribution in [0, 0.1) is 0 Å². The number of rotatable bonds is 5. The zero-order valence-electron chi connectivity index (χ0n) is 12.2. The summed E-state index contributed by atoms with van der Waals surface area (Å²) in [5.41, 5.74) is 1.25. The maximum Gasteiger partial charge on any atom is 0.122 e. The van der Waals surface area contributed by atoms with Crippen LogP contribution in [0.25, 0.3) is 0 Å². The third-order valence-electron chi connectivity index (χ3n) is 3.73. The van der Waals surface area contributed by atoms with Crippen molar-refractivity contribution in [2.75, 3.05) is 46.9 Å².